The molecular formula is C29H41N7O3S. The van der Waals surface area contributed by atoms with Crippen LogP contribution in [0.4, 0.5) is 21.2 Å². The molecule has 0 aliphatic rings. The zero-order valence-electron chi connectivity index (χ0n) is 24.5. The van der Waals surface area contributed by atoms with Gasteiger partial charge < -0.3 is 9.64 Å². The van der Waals surface area contributed by atoms with Crippen LogP contribution >= 0.6 is 11.3 Å². The minimum absolute atomic E-state index is 0.0873. The molecule has 0 spiro atoms. The van der Waals surface area contributed by atoms with Crippen molar-refractivity contribution >= 4 is 35.1 Å². The van der Waals surface area contributed by atoms with Gasteiger partial charge in [0.1, 0.15) is 22.2 Å². The maximum atomic E-state index is 13.4. The van der Waals surface area contributed by atoms with E-state index in [0.717, 1.165) is 30.2 Å². The van der Waals surface area contributed by atoms with Crippen LogP contribution in [0.15, 0.2) is 48.1 Å². The molecular weight excluding hydrogens is 526 g/mol. The van der Waals surface area contributed by atoms with Gasteiger partial charge >= 0.3 is 12.1 Å². The Morgan fingerprint density at radius 1 is 1.00 bits per heavy atom. The number of anilines is 2. The van der Waals surface area contributed by atoms with E-state index in [2.05, 4.69) is 58.2 Å². The fraction of sp³-hybridized carbons (Fsp3) is 0.483. The molecule has 3 aromatic heterocycles. The molecule has 216 valence electrons. The summed E-state index contributed by atoms with van der Waals surface area (Å²) >= 11 is 1.43. The van der Waals surface area contributed by atoms with Gasteiger partial charge in [0.25, 0.3) is 0 Å². The Balaban J connectivity index is 1.74. The van der Waals surface area contributed by atoms with Crippen LogP contribution in [0.2, 0.25) is 0 Å². The second-order valence-electron chi connectivity index (χ2n) is 10.8. The van der Waals surface area contributed by atoms with Crippen LogP contribution in [-0.2, 0) is 11.3 Å². The van der Waals surface area contributed by atoms with Crippen LogP contribution in [0.5, 0.6) is 0 Å². The summed E-state index contributed by atoms with van der Waals surface area (Å²) in [4.78, 5) is 43.3. The van der Waals surface area contributed by atoms with E-state index in [0.29, 0.717) is 17.3 Å². The molecule has 2 N–H and O–H groups in total. The number of pyridine rings is 2. The minimum atomic E-state index is -0.631. The first-order chi connectivity index (χ1) is 19.0. The second-order valence-corrected chi connectivity index (χ2v) is 11.6. The summed E-state index contributed by atoms with van der Waals surface area (Å²) < 4.78 is 5.80. The number of urea groups is 1. The van der Waals surface area contributed by atoms with Crippen LogP contribution < -0.4 is 10.6 Å². The van der Waals surface area contributed by atoms with Gasteiger partial charge in [-0.25, -0.2) is 19.6 Å². The first kappa shape index (κ1) is 31.0. The minimum Gasteiger partial charge on any atom is -0.444 e. The number of rotatable bonds is 11. The molecule has 0 aromatic carbocycles. The van der Waals surface area contributed by atoms with E-state index in [1.807, 2.05) is 45.0 Å². The quantitative estimate of drug-likeness (QED) is 0.278. The van der Waals surface area contributed by atoms with Gasteiger partial charge in [-0.05, 0) is 64.0 Å². The molecule has 10 nitrogen and oxygen atoms in total. The van der Waals surface area contributed by atoms with E-state index < -0.39 is 11.6 Å². The number of carbonyl (C=O) groups is 2. The van der Waals surface area contributed by atoms with Crippen molar-refractivity contribution in [2.24, 2.45) is 5.92 Å². The molecule has 1 unspecified atom stereocenters. The molecule has 3 heterocycles. The highest BCUT2D eigenvalue weighted by Crippen LogP contribution is 2.25. The summed E-state index contributed by atoms with van der Waals surface area (Å²) in [5.74, 6) is 1.00. The molecule has 0 fully saturated rings. The van der Waals surface area contributed by atoms with E-state index in [-0.39, 0.29) is 24.6 Å². The highest BCUT2D eigenvalue weighted by atomic mass is 32.1. The summed E-state index contributed by atoms with van der Waals surface area (Å²) in [5, 5.41) is 8.09. The molecule has 3 aromatic rings. The monoisotopic (exact) mass is 567 g/mol. The predicted molar refractivity (Wildman–Crippen MR) is 160 cm³/mol. The molecule has 0 saturated carbocycles. The van der Waals surface area contributed by atoms with Gasteiger partial charge in [0.15, 0.2) is 0 Å². The third-order valence-corrected chi connectivity index (χ3v) is 7.08. The number of likely N-dealkylation sites (N-methyl/N-ethyl adjacent to an activating group) is 1. The maximum Gasteiger partial charge on any atom is 0.410 e. The zero-order chi connectivity index (χ0) is 29.3. The fourth-order valence-electron chi connectivity index (χ4n) is 4.09. The van der Waals surface area contributed by atoms with Crippen molar-refractivity contribution in [2.75, 3.05) is 30.3 Å². The lowest BCUT2D eigenvalue weighted by molar-refractivity contribution is 0.00354. The lowest BCUT2D eigenvalue weighted by Gasteiger charge is -2.38. The van der Waals surface area contributed by atoms with Crippen molar-refractivity contribution in [2.45, 2.75) is 66.7 Å². The SMILES string of the molecule is CCN(CC)CC(C(C)C)N(Cc1cccc(NC(=O)Nc2csc(-c3ccncc3)n2)n1)C(=O)OC(C)(C)C. The Morgan fingerprint density at radius 3 is 2.30 bits per heavy atom. The Bertz CT molecular complexity index is 1240. The molecule has 3 rings (SSSR count). The predicted octanol–water partition coefficient (Wildman–Crippen LogP) is 6.35. The maximum absolute atomic E-state index is 13.4. The van der Waals surface area contributed by atoms with Crippen LogP contribution in [0, 0.1) is 5.92 Å². The molecule has 0 aliphatic heterocycles. The molecule has 3 amide bonds. The average Bonchev–Trinajstić information content (AvgIpc) is 3.36. The van der Waals surface area contributed by atoms with Crippen LogP contribution in [-0.4, -0.2) is 68.2 Å². The second kappa shape index (κ2) is 14.2. The number of aromatic nitrogens is 3. The highest BCUT2D eigenvalue weighted by Gasteiger charge is 2.31. The summed E-state index contributed by atoms with van der Waals surface area (Å²) in [6.45, 7) is 16.8. The number of nitrogens with one attached hydrogen (secondary N) is 2. The Labute approximate surface area is 241 Å². The van der Waals surface area contributed by atoms with Crippen molar-refractivity contribution in [3.63, 3.8) is 0 Å². The van der Waals surface area contributed by atoms with Crippen LogP contribution in [0.3, 0.4) is 0 Å². The number of hydrogen-bond acceptors (Lipinski definition) is 8. The number of carbonyl (C=O) groups excluding carboxylic acids is 2. The largest absolute Gasteiger partial charge is 0.444 e. The normalized spacial score (nSPS) is 12.3. The van der Waals surface area contributed by atoms with E-state index in [4.69, 9.17) is 4.74 Å². The first-order valence-corrected chi connectivity index (χ1v) is 14.5. The molecule has 0 bridgehead atoms. The van der Waals surface area contributed by atoms with Gasteiger partial charge in [-0.3, -0.25) is 20.5 Å². The van der Waals surface area contributed by atoms with E-state index in [1.165, 1.54) is 11.3 Å². The zero-order valence-corrected chi connectivity index (χ0v) is 25.3. The smallest absolute Gasteiger partial charge is 0.410 e. The van der Waals surface area contributed by atoms with Gasteiger partial charge in [0.05, 0.1) is 18.3 Å². The molecule has 0 aliphatic carbocycles. The lowest BCUT2D eigenvalue weighted by atomic mass is 10.0. The molecule has 0 saturated heterocycles. The lowest BCUT2D eigenvalue weighted by Crippen LogP contribution is -2.50. The summed E-state index contributed by atoms with van der Waals surface area (Å²) in [6, 6.07) is 8.55. The number of thiazole rings is 1. The van der Waals surface area contributed by atoms with Crippen molar-refractivity contribution in [3.8, 4) is 10.6 Å². The van der Waals surface area contributed by atoms with Gasteiger partial charge in [0, 0.05) is 29.9 Å². The van der Waals surface area contributed by atoms with E-state index >= 15 is 0 Å². The Kier molecular flexibility index (Phi) is 11.0. The standard InChI is InChI=1S/C29H41N7O3S/c1-8-35(9-2)18-23(20(3)4)36(28(38)39-29(5,6)7)17-22-11-10-12-24(31-22)33-27(37)34-25-19-40-26(32-25)21-13-15-30-16-14-21/h10-16,19-20,23H,8-9,17-18H2,1-7H3,(H2,31,33,34,37). The topological polar surface area (TPSA) is 113 Å². The van der Waals surface area contributed by atoms with Crippen molar-refractivity contribution < 1.29 is 14.3 Å². The summed E-state index contributed by atoms with van der Waals surface area (Å²) in [7, 11) is 0. The molecule has 1 atom stereocenters. The number of hydrogen-bond donors (Lipinski definition) is 2. The van der Waals surface area contributed by atoms with Crippen molar-refractivity contribution in [1.29, 1.82) is 0 Å². The van der Waals surface area contributed by atoms with Gasteiger partial charge in [-0.1, -0.05) is 33.8 Å². The molecule has 0 radical (unpaired) electrons. The summed E-state index contributed by atoms with van der Waals surface area (Å²) in [6.07, 6.45) is 3.02. The first-order valence-electron chi connectivity index (χ1n) is 13.6. The van der Waals surface area contributed by atoms with Crippen LogP contribution in [0.25, 0.3) is 10.6 Å². The molecule has 40 heavy (non-hydrogen) atoms. The number of amides is 3. The fourth-order valence-corrected chi connectivity index (χ4v) is 4.85. The third-order valence-electron chi connectivity index (χ3n) is 6.19. The Hall–Kier alpha value is -3.57. The summed E-state index contributed by atoms with van der Waals surface area (Å²) in [5.41, 5.74) is 0.939. The third kappa shape index (κ3) is 9.27. The van der Waals surface area contributed by atoms with E-state index in [1.54, 1.807) is 28.7 Å². The average molecular weight is 568 g/mol. The van der Waals surface area contributed by atoms with Gasteiger partial charge in [-0.2, -0.15) is 0 Å². The molecule has 11 heteroatoms. The van der Waals surface area contributed by atoms with Gasteiger partial charge in [-0.15, -0.1) is 11.3 Å². The Morgan fingerprint density at radius 2 is 1.68 bits per heavy atom. The van der Waals surface area contributed by atoms with E-state index in [9.17, 15) is 9.59 Å². The van der Waals surface area contributed by atoms with Gasteiger partial charge in [0.2, 0.25) is 0 Å². The highest BCUT2D eigenvalue weighted by molar-refractivity contribution is 7.13. The van der Waals surface area contributed by atoms with Crippen LogP contribution in [0.1, 0.15) is 54.2 Å². The number of ether oxygens (including phenoxy) is 1. The van der Waals surface area contributed by atoms with Crippen molar-refractivity contribution in [3.05, 3.63) is 53.8 Å². The number of nitrogens with zero attached hydrogens (tertiary/aromatic N) is 5. The van der Waals surface area contributed by atoms with Crippen molar-refractivity contribution in [1.82, 2.24) is 24.8 Å².